The molecule has 0 spiro atoms. The molecule has 0 nitrogen and oxygen atoms in total. The number of hydrogen-bond acceptors (Lipinski definition) is 0. The largest absolute Gasteiger partial charge is 0.147 e. The first-order valence-electron chi connectivity index (χ1n) is 3.51. The molecular weight excluding hydrogens is 235 g/mol. The van der Waals surface area contributed by atoms with Crippen molar-refractivity contribution in [2.45, 2.75) is 0 Å². The molecule has 0 N–H and O–H groups in total. The average Bonchev–Trinajstić information content (AvgIpc) is 2.06. The van der Waals surface area contributed by atoms with Crippen LogP contribution in [0.3, 0.4) is 0 Å². The number of rotatable bonds is 0. The molecule has 0 aliphatic carbocycles. The molecule has 0 aliphatic rings. The highest BCUT2D eigenvalue weighted by atomic mass is 79.9. The van der Waals surface area contributed by atoms with E-state index in [9.17, 15) is 0 Å². The third-order valence-electron chi connectivity index (χ3n) is 1.74. The zero-order valence-electron chi connectivity index (χ0n) is 6.33. The van der Waals surface area contributed by atoms with Crippen LogP contribution in [0.1, 0.15) is 0 Å². The van der Waals surface area contributed by atoms with Crippen molar-refractivity contribution < 1.29 is 0 Å². The molecule has 0 unspecified atom stereocenters. The summed E-state index contributed by atoms with van der Waals surface area (Å²) >= 11 is 3.50. The van der Waals surface area contributed by atoms with Crippen LogP contribution >= 0.6 is 28.3 Å². The van der Waals surface area contributed by atoms with E-state index in [1.165, 1.54) is 10.8 Å². The van der Waals surface area contributed by atoms with Gasteiger partial charge in [-0.2, -0.15) is 0 Å². The Kier molecular flexibility index (Phi) is 3.12. The van der Waals surface area contributed by atoms with Crippen LogP contribution in [0.2, 0.25) is 0 Å². The van der Waals surface area contributed by atoms with Crippen LogP contribution in [0.5, 0.6) is 0 Å². The average molecular weight is 244 g/mol. The van der Waals surface area contributed by atoms with Crippen molar-refractivity contribution >= 4 is 39.1 Å². The van der Waals surface area contributed by atoms with Gasteiger partial charge in [-0.05, 0) is 16.8 Å². The molecule has 0 amide bonds. The number of hydrogen-bond donors (Lipinski definition) is 0. The van der Waals surface area contributed by atoms with Crippen LogP contribution < -0.4 is 0 Å². The molecule has 0 fully saturated rings. The molecule has 0 radical (unpaired) electrons. The highest BCUT2D eigenvalue weighted by molar-refractivity contribution is 9.10. The molecule has 2 heteroatoms. The molecule has 0 aromatic heterocycles. The molecule has 2 aromatic rings. The summed E-state index contributed by atoms with van der Waals surface area (Å²) in [7, 11) is 0. The van der Waals surface area contributed by atoms with Gasteiger partial charge in [-0.1, -0.05) is 52.3 Å². The van der Waals surface area contributed by atoms with Gasteiger partial charge < -0.3 is 0 Å². The van der Waals surface area contributed by atoms with Gasteiger partial charge >= 0.3 is 0 Å². The van der Waals surface area contributed by atoms with Crippen molar-refractivity contribution in [1.82, 2.24) is 0 Å². The maximum absolute atomic E-state index is 3.50. The lowest BCUT2D eigenvalue weighted by atomic mass is 10.1. The molecule has 62 valence electrons. The van der Waals surface area contributed by atoms with E-state index in [1.807, 2.05) is 12.1 Å². The van der Waals surface area contributed by atoms with E-state index in [1.54, 1.807) is 0 Å². The van der Waals surface area contributed by atoms with Crippen molar-refractivity contribution in [3.63, 3.8) is 0 Å². The summed E-state index contributed by atoms with van der Waals surface area (Å²) in [6.45, 7) is 0. The summed E-state index contributed by atoms with van der Waals surface area (Å²) in [4.78, 5) is 0. The first kappa shape index (κ1) is 9.56. The predicted octanol–water partition coefficient (Wildman–Crippen LogP) is 4.02. The summed E-state index contributed by atoms with van der Waals surface area (Å²) in [5, 5.41) is 2.55. The lowest BCUT2D eigenvalue weighted by Crippen LogP contribution is -1.71. The van der Waals surface area contributed by atoms with Gasteiger partial charge in [0, 0.05) is 4.47 Å². The molecule has 12 heavy (non-hydrogen) atoms. The monoisotopic (exact) mass is 242 g/mol. The third-order valence-corrected chi connectivity index (χ3v) is 2.43. The summed E-state index contributed by atoms with van der Waals surface area (Å²) in [5.41, 5.74) is 0. The second-order valence-electron chi connectivity index (χ2n) is 2.46. The summed E-state index contributed by atoms with van der Waals surface area (Å²) in [6, 6.07) is 14.5. The Morgan fingerprint density at radius 2 is 1.50 bits per heavy atom. The van der Waals surface area contributed by atoms with Gasteiger partial charge in [0.25, 0.3) is 0 Å². The van der Waals surface area contributed by atoms with Crippen LogP contribution in [-0.2, 0) is 0 Å². The maximum Gasteiger partial charge on any atom is 0.0253 e. The maximum atomic E-state index is 3.50. The topological polar surface area (TPSA) is 0 Å². The molecule has 0 bridgehead atoms. The molecule has 0 saturated heterocycles. The van der Waals surface area contributed by atoms with Crippen molar-refractivity contribution in [3.05, 3.63) is 46.9 Å². The molecular formula is C10H8BrCl. The quantitative estimate of drug-likeness (QED) is 0.655. The standard InChI is InChI=1S/C10H7Br.ClH/c11-10-7-3-5-8-4-1-2-6-9(8)10;/h1-7H;1H. The normalized spacial score (nSPS) is 9.42. The number of benzene rings is 2. The Morgan fingerprint density at radius 1 is 0.833 bits per heavy atom. The van der Waals surface area contributed by atoms with E-state index < -0.39 is 0 Å². The third kappa shape index (κ3) is 1.62. The van der Waals surface area contributed by atoms with E-state index in [4.69, 9.17) is 0 Å². The summed E-state index contributed by atoms with van der Waals surface area (Å²) in [6.07, 6.45) is 0. The van der Waals surface area contributed by atoms with E-state index in [-0.39, 0.29) is 12.4 Å². The van der Waals surface area contributed by atoms with Gasteiger partial charge in [-0.3, -0.25) is 0 Å². The van der Waals surface area contributed by atoms with E-state index in [0.29, 0.717) is 0 Å². The Bertz CT molecular complexity index is 379. The molecule has 2 aromatic carbocycles. The van der Waals surface area contributed by atoms with Gasteiger partial charge in [-0.25, -0.2) is 0 Å². The minimum absolute atomic E-state index is 0. The minimum atomic E-state index is 0. The summed E-state index contributed by atoms with van der Waals surface area (Å²) < 4.78 is 1.16. The van der Waals surface area contributed by atoms with Crippen LogP contribution in [0.25, 0.3) is 10.8 Å². The highest BCUT2D eigenvalue weighted by Gasteiger charge is 1.93. The lowest BCUT2D eigenvalue weighted by Gasteiger charge is -1.97. The van der Waals surface area contributed by atoms with Gasteiger partial charge in [0.05, 0.1) is 0 Å². The fourth-order valence-electron chi connectivity index (χ4n) is 1.19. The lowest BCUT2D eigenvalue weighted by molar-refractivity contribution is 1.71. The Morgan fingerprint density at radius 3 is 2.25 bits per heavy atom. The zero-order valence-corrected chi connectivity index (χ0v) is 8.73. The molecule has 0 saturated carbocycles. The van der Waals surface area contributed by atoms with Gasteiger partial charge in [0.15, 0.2) is 0 Å². The van der Waals surface area contributed by atoms with Crippen LogP contribution in [-0.4, -0.2) is 0 Å². The molecule has 0 heterocycles. The first-order chi connectivity index (χ1) is 5.38. The fourth-order valence-corrected chi connectivity index (χ4v) is 1.70. The molecule has 0 atom stereocenters. The van der Waals surface area contributed by atoms with E-state index in [2.05, 4.69) is 46.3 Å². The number of fused-ring (bicyclic) bond motifs is 1. The second kappa shape index (κ2) is 3.92. The van der Waals surface area contributed by atoms with E-state index >= 15 is 0 Å². The zero-order chi connectivity index (χ0) is 7.68. The van der Waals surface area contributed by atoms with E-state index in [0.717, 1.165) is 4.47 Å². The molecule has 0 aliphatic heterocycles. The van der Waals surface area contributed by atoms with Gasteiger partial charge in [0.1, 0.15) is 0 Å². The van der Waals surface area contributed by atoms with Crippen LogP contribution in [0, 0.1) is 0 Å². The highest BCUT2D eigenvalue weighted by Crippen LogP contribution is 2.22. The number of halogens is 2. The second-order valence-corrected chi connectivity index (χ2v) is 3.32. The van der Waals surface area contributed by atoms with Crippen molar-refractivity contribution in [2.75, 3.05) is 0 Å². The summed E-state index contributed by atoms with van der Waals surface area (Å²) in [5.74, 6) is 0. The molecule has 2 rings (SSSR count). The van der Waals surface area contributed by atoms with Crippen LogP contribution in [0.4, 0.5) is 0 Å². The van der Waals surface area contributed by atoms with Gasteiger partial charge in [0.2, 0.25) is 0 Å². The minimum Gasteiger partial charge on any atom is -0.147 e. The van der Waals surface area contributed by atoms with Crippen LogP contribution in [0.15, 0.2) is 46.9 Å². The fraction of sp³-hybridized carbons (Fsp3) is 0. The van der Waals surface area contributed by atoms with Gasteiger partial charge in [-0.15, -0.1) is 12.4 Å². The smallest absolute Gasteiger partial charge is 0.0253 e. The SMILES string of the molecule is Brc1cccc2ccccc12.Cl. The first-order valence-corrected chi connectivity index (χ1v) is 4.30. The predicted molar refractivity (Wildman–Crippen MR) is 58.9 cm³/mol. The van der Waals surface area contributed by atoms with Crippen molar-refractivity contribution in [1.29, 1.82) is 0 Å². The Hall–Kier alpha value is -0.530. The Balaban J connectivity index is 0.000000720. The van der Waals surface area contributed by atoms with Crippen molar-refractivity contribution in [2.24, 2.45) is 0 Å². The Labute approximate surface area is 86.1 Å². The van der Waals surface area contributed by atoms with Crippen molar-refractivity contribution in [3.8, 4) is 0 Å².